The molecule has 0 bridgehead atoms. The second-order valence-electron chi connectivity index (χ2n) is 4.42. The highest BCUT2D eigenvalue weighted by Crippen LogP contribution is 2.14. The summed E-state index contributed by atoms with van der Waals surface area (Å²) in [6.45, 7) is 7.59. The monoisotopic (exact) mass is 197 g/mol. The zero-order valence-corrected chi connectivity index (χ0v) is 9.63. The summed E-state index contributed by atoms with van der Waals surface area (Å²) in [5, 5.41) is 0. The third-order valence-corrected chi connectivity index (χ3v) is 1.93. The number of allylic oxidation sites excluding steroid dienone is 1. The second-order valence-corrected chi connectivity index (χ2v) is 4.42. The van der Waals surface area contributed by atoms with E-state index in [1.165, 1.54) is 6.92 Å². The molecule has 0 heterocycles. The molecule has 0 aliphatic rings. The van der Waals surface area contributed by atoms with Gasteiger partial charge in [-0.2, -0.15) is 0 Å². The second kappa shape index (κ2) is 4.94. The summed E-state index contributed by atoms with van der Waals surface area (Å²) < 4.78 is 0. The van der Waals surface area contributed by atoms with Crippen LogP contribution < -0.4 is 0 Å². The standard InChI is InChI=1S/C11H19NO2/c1-9(13)12(5)8-6-7-10(14)11(2,3)4/h6-7H,8H2,1-5H3/b7-6+. The number of likely N-dealkylation sites (N-methyl/N-ethyl adjacent to an activating group) is 1. The maximum absolute atomic E-state index is 11.4. The quantitative estimate of drug-likeness (QED) is 0.645. The van der Waals surface area contributed by atoms with Crippen LogP contribution >= 0.6 is 0 Å². The van der Waals surface area contributed by atoms with Gasteiger partial charge in [0.2, 0.25) is 5.91 Å². The Morgan fingerprint density at radius 1 is 1.29 bits per heavy atom. The Bertz CT molecular complexity index is 249. The third kappa shape index (κ3) is 4.80. The summed E-state index contributed by atoms with van der Waals surface area (Å²) >= 11 is 0. The molecule has 3 heteroatoms. The van der Waals surface area contributed by atoms with Gasteiger partial charge < -0.3 is 4.90 Å². The van der Waals surface area contributed by atoms with Gasteiger partial charge in [0, 0.05) is 25.9 Å². The molecule has 14 heavy (non-hydrogen) atoms. The molecule has 0 fully saturated rings. The first-order valence-corrected chi connectivity index (χ1v) is 4.68. The van der Waals surface area contributed by atoms with Crippen LogP contribution in [0.5, 0.6) is 0 Å². The molecule has 0 aromatic carbocycles. The predicted molar refractivity (Wildman–Crippen MR) is 56.9 cm³/mol. The van der Waals surface area contributed by atoms with E-state index in [4.69, 9.17) is 0 Å². The van der Waals surface area contributed by atoms with Gasteiger partial charge in [0.1, 0.15) is 0 Å². The van der Waals surface area contributed by atoms with Crippen LogP contribution in [-0.4, -0.2) is 30.2 Å². The van der Waals surface area contributed by atoms with Crippen molar-refractivity contribution in [3.8, 4) is 0 Å². The molecule has 0 rings (SSSR count). The number of carbonyl (C=O) groups excluding carboxylic acids is 2. The van der Waals surface area contributed by atoms with Crippen molar-refractivity contribution in [2.75, 3.05) is 13.6 Å². The highest BCUT2D eigenvalue weighted by molar-refractivity contribution is 5.93. The summed E-state index contributed by atoms with van der Waals surface area (Å²) in [6.07, 6.45) is 3.26. The SMILES string of the molecule is CC(=O)N(C)C/C=C/C(=O)C(C)(C)C. The molecule has 80 valence electrons. The Hall–Kier alpha value is -1.12. The largest absolute Gasteiger partial charge is 0.342 e. The minimum atomic E-state index is -0.342. The molecule has 0 unspecified atom stereocenters. The van der Waals surface area contributed by atoms with Gasteiger partial charge in [0.15, 0.2) is 5.78 Å². The van der Waals surface area contributed by atoms with Crippen molar-refractivity contribution in [1.29, 1.82) is 0 Å². The lowest BCUT2D eigenvalue weighted by molar-refractivity contribution is -0.127. The van der Waals surface area contributed by atoms with Crippen LogP contribution in [0, 0.1) is 5.41 Å². The van der Waals surface area contributed by atoms with E-state index in [9.17, 15) is 9.59 Å². The van der Waals surface area contributed by atoms with E-state index in [0.717, 1.165) is 0 Å². The minimum absolute atomic E-state index is 0.00198. The lowest BCUT2D eigenvalue weighted by Gasteiger charge is -2.14. The highest BCUT2D eigenvalue weighted by Gasteiger charge is 2.17. The van der Waals surface area contributed by atoms with Crippen molar-refractivity contribution in [2.24, 2.45) is 5.41 Å². The van der Waals surface area contributed by atoms with Gasteiger partial charge in [-0.3, -0.25) is 9.59 Å². The first-order valence-electron chi connectivity index (χ1n) is 4.68. The van der Waals surface area contributed by atoms with Crippen LogP contribution in [0.4, 0.5) is 0 Å². The van der Waals surface area contributed by atoms with Gasteiger partial charge in [-0.1, -0.05) is 26.8 Å². The molecule has 0 saturated heterocycles. The molecule has 0 radical (unpaired) electrons. The van der Waals surface area contributed by atoms with Gasteiger partial charge in [-0.25, -0.2) is 0 Å². The zero-order valence-electron chi connectivity index (χ0n) is 9.63. The Balaban J connectivity index is 4.08. The molecule has 0 aromatic rings. The fourth-order valence-corrected chi connectivity index (χ4v) is 0.696. The number of rotatable bonds is 3. The van der Waals surface area contributed by atoms with E-state index < -0.39 is 0 Å². The van der Waals surface area contributed by atoms with Crippen LogP contribution in [0.1, 0.15) is 27.7 Å². The number of carbonyl (C=O) groups is 2. The van der Waals surface area contributed by atoms with Gasteiger partial charge >= 0.3 is 0 Å². The Morgan fingerprint density at radius 3 is 2.14 bits per heavy atom. The number of amides is 1. The van der Waals surface area contributed by atoms with Crippen LogP contribution in [0.15, 0.2) is 12.2 Å². The molecule has 0 aliphatic carbocycles. The average Bonchev–Trinajstić information content (AvgIpc) is 2.01. The van der Waals surface area contributed by atoms with Crippen molar-refractivity contribution in [3.63, 3.8) is 0 Å². The van der Waals surface area contributed by atoms with Crippen LogP contribution in [-0.2, 0) is 9.59 Å². The summed E-state index contributed by atoms with van der Waals surface area (Å²) in [7, 11) is 1.70. The Kier molecular flexibility index (Phi) is 4.54. The summed E-state index contributed by atoms with van der Waals surface area (Å²) in [5.41, 5.74) is -0.342. The zero-order chi connectivity index (χ0) is 11.4. The van der Waals surface area contributed by atoms with E-state index in [0.29, 0.717) is 6.54 Å². The number of hydrogen-bond donors (Lipinski definition) is 0. The molecule has 0 saturated carbocycles. The predicted octanol–water partition coefficient (Wildman–Crippen LogP) is 1.64. The van der Waals surface area contributed by atoms with E-state index >= 15 is 0 Å². The molecular formula is C11H19NO2. The van der Waals surface area contributed by atoms with Crippen molar-refractivity contribution in [3.05, 3.63) is 12.2 Å². The highest BCUT2D eigenvalue weighted by atomic mass is 16.2. The molecule has 1 amide bonds. The van der Waals surface area contributed by atoms with Crippen molar-refractivity contribution < 1.29 is 9.59 Å². The molecule has 3 nitrogen and oxygen atoms in total. The molecule has 0 aliphatic heterocycles. The molecular weight excluding hydrogens is 178 g/mol. The van der Waals surface area contributed by atoms with E-state index in [-0.39, 0.29) is 17.1 Å². The molecule has 0 spiro atoms. The lowest BCUT2D eigenvalue weighted by atomic mass is 9.91. The summed E-state index contributed by atoms with van der Waals surface area (Å²) in [6, 6.07) is 0. The van der Waals surface area contributed by atoms with Gasteiger partial charge in [0.25, 0.3) is 0 Å². The van der Waals surface area contributed by atoms with Crippen molar-refractivity contribution in [2.45, 2.75) is 27.7 Å². The summed E-state index contributed by atoms with van der Waals surface area (Å²) in [5.74, 6) is 0.0762. The first kappa shape index (κ1) is 12.9. The van der Waals surface area contributed by atoms with E-state index in [1.807, 2.05) is 20.8 Å². The molecule has 0 N–H and O–H groups in total. The topological polar surface area (TPSA) is 37.4 Å². The normalized spacial score (nSPS) is 11.8. The summed E-state index contributed by atoms with van der Waals surface area (Å²) in [4.78, 5) is 23.8. The third-order valence-electron chi connectivity index (χ3n) is 1.93. The molecule has 0 aromatic heterocycles. The lowest BCUT2D eigenvalue weighted by Crippen LogP contribution is -2.24. The number of ketones is 1. The minimum Gasteiger partial charge on any atom is -0.342 e. The maximum Gasteiger partial charge on any atom is 0.219 e. The Labute approximate surface area is 85.8 Å². The Morgan fingerprint density at radius 2 is 1.79 bits per heavy atom. The maximum atomic E-state index is 11.4. The van der Waals surface area contributed by atoms with Crippen LogP contribution in [0.2, 0.25) is 0 Å². The first-order chi connectivity index (χ1) is 6.25. The fourth-order valence-electron chi connectivity index (χ4n) is 0.696. The average molecular weight is 197 g/mol. The van der Waals surface area contributed by atoms with Crippen LogP contribution in [0.3, 0.4) is 0 Å². The van der Waals surface area contributed by atoms with Gasteiger partial charge in [0.05, 0.1) is 0 Å². The fraction of sp³-hybridized carbons (Fsp3) is 0.636. The van der Waals surface area contributed by atoms with Gasteiger partial charge in [-0.15, -0.1) is 0 Å². The van der Waals surface area contributed by atoms with E-state index in [1.54, 1.807) is 24.1 Å². The smallest absolute Gasteiger partial charge is 0.219 e. The van der Waals surface area contributed by atoms with Crippen LogP contribution in [0.25, 0.3) is 0 Å². The van der Waals surface area contributed by atoms with Gasteiger partial charge in [-0.05, 0) is 6.08 Å². The number of hydrogen-bond acceptors (Lipinski definition) is 2. The van der Waals surface area contributed by atoms with Crippen molar-refractivity contribution >= 4 is 11.7 Å². The van der Waals surface area contributed by atoms with Crippen molar-refractivity contribution in [1.82, 2.24) is 4.90 Å². The number of nitrogens with zero attached hydrogens (tertiary/aromatic N) is 1. The van der Waals surface area contributed by atoms with E-state index in [2.05, 4.69) is 0 Å². The molecule has 0 atom stereocenters.